The third-order valence-corrected chi connectivity index (χ3v) is 2.41. The van der Waals surface area contributed by atoms with Gasteiger partial charge in [0, 0.05) is 24.7 Å². The molecule has 0 unspecified atom stereocenters. The van der Waals surface area contributed by atoms with Crippen molar-refractivity contribution >= 4 is 5.70 Å². The van der Waals surface area contributed by atoms with Gasteiger partial charge in [0.15, 0.2) is 0 Å². The minimum Gasteiger partial charge on any atom is -0.397 e. The average molecular weight is 202 g/mol. The highest BCUT2D eigenvalue weighted by Gasteiger charge is 2.05. The molecule has 15 heavy (non-hydrogen) atoms. The standard InChI is InChI=1S/C13H18N2/c1-4-7-12(15-3)13(14)11-9-6-5-8-10(11)2/h4-6,8-9,15H,1,7,14H2,2-3H3/b13-12-. The van der Waals surface area contributed by atoms with E-state index in [2.05, 4.69) is 24.9 Å². The van der Waals surface area contributed by atoms with Gasteiger partial charge in [0.05, 0.1) is 5.70 Å². The molecule has 0 bridgehead atoms. The Morgan fingerprint density at radius 1 is 1.47 bits per heavy atom. The molecule has 1 aromatic carbocycles. The van der Waals surface area contributed by atoms with E-state index in [4.69, 9.17) is 5.73 Å². The zero-order chi connectivity index (χ0) is 11.3. The fraction of sp³-hybridized carbons (Fsp3) is 0.231. The molecule has 0 aliphatic carbocycles. The summed E-state index contributed by atoms with van der Waals surface area (Å²) in [6, 6.07) is 8.10. The van der Waals surface area contributed by atoms with E-state index in [0.29, 0.717) is 0 Å². The Labute approximate surface area is 91.5 Å². The molecule has 0 aromatic heterocycles. The van der Waals surface area contributed by atoms with Crippen molar-refractivity contribution < 1.29 is 0 Å². The Balaban J connectivity index is 3.15. The maximum absolute atomic E-state index is 6.11. The first-order valence-corrected chi connectivity index (χ1v) is 5.04. The van der Waals surface area contributed by atoms with Gasteiger partial charge in [0.1, 0.15) is 0 Å². The van der Waals surface area contributed by atoms with E-state index in [1.807, 2.05) is 31.3 Å². The average Bonchev–Trinajstić information content (AvgIpc) is 2.25. The molecular weight excluding hydrogens is 184 g/mol. The van der Waals surface area contributed by atoms with Crippen molar-refractivity contribution in [1.82, 2.24) is 5.32 Å². The van der Waals surface area contributed by atoms with Crippen LogP contribution in [0.5, 0.6) is 0 Å². The number of aryl methyl sites for hydroxylation is 1. The second kappa shape index (κ2) is 5.25. The fourth-order valence-electron chi connectivity index (χ4n) is 1.53. The highest BCUT2D eigenvalue weighted by atomic mass is 14.9. The number of hydrogen-bond donors (Lipinski definition) is 2. The fourth-order valence-corrected chi connectivity index (χ4v) is 1.53. The summed E-state index contributed by atoms with van der Waals surface area (Å²) in [6.45, 7) is 5.78. The van der Waals surface area contributed by atoms with Gasteiger partial charge in [0.25, 0.3) is 0 Å². The zero-order valence-corrected chi connectivity index (χ0v) is 9.38. The van der Waals surface area contributed by atoms with Crippen LogP contribution in [0.15, 0.2) is 42.6 Å². The van der Waals surface area contributed by atoms with Gasteiger partial charge in [-0.2, -0.15) is 0 Å². The van der Waals surface area contributed by atoms with Crippen molar-refractivity contribution in [1.29, 1.82) is 0 Å². The Hall–Kier alpha value is -1.70. The van der Waals surface area contributed by atoms with Crippen LogP contribution in [-0.4, -0.2) is 7.05 Å². The maximum atomic E-state index is 6.11. The first kappa shape index (κ1) is 11.4. The molecule has 0 saturated heterocycles. The van der Waals surface area contributed by atoms with Crippen LogP contribution in [0.1, 0.15) is 17.5 Å². The van der Waals surface area contributed by atoms with E-state index in [1.54, 1.807) is 0 Å². The molecular formula is C13H18N2. The smallest absolute Gasteiger partial charge is 0.0586 e. The predicted molar refractivity (Wildman–Crippen MR) is 66.2 cm³/mol. The molecule has 0 amide bonds. The molecule has 0 aliphatic rings. The van der Waals surface area contributed by atoms with Crippen molar-refractivity contribution in [2.24, 2.45) is 5.73 Å². The van der Waals surface area contributed by atoms with Crippen LogP contribution < -0.4 is 11.1 Å². The number of allylic oxidation sites excluding steroid dienone is 1. The van der Waals surface area contributed by atoms with E-state index in [0.717, 1.165) is 23.4 Å². The van der Waals surface area contributed by atoms with Crippen LogP contribution in [0, 0.1) is 6.92 Å². The molecule has 2 heteroatoms. The van der Waals surface area contributed by atoms with E-state index in [1.165, 1.54) is 5.56 Å². The predicted octanol–water partition coefficient (Wildman–Crippen LogP) is 2.42. The second-order valence-corrected chi connectivity index (χ2v) is 3.45. The summed E-state index contributed by atoms with van der Waals surface area (Å²) in [5.41, 5.74) is 10.2. The minimum absolute atomic E-state index is 0.761. The number of rotatable bonds is 4. The minimum atomic E-state index is 0.761. The molecule has 2 nitrogen and oxygen atoms in total. The maximum Gasteiger partial charge on any atom is 0.0586 e. The molecule has 0 fully saturated rings. The van der Waals surface area contributed by atoms with Crippen LogP contribution in [0.2, 0.25) is 0 Å². The first-order chi connectivity index (χ1) is 7.20. The molecule has 0 saturated carbocycles. The summed E-state index contributed by atoms with van der Waals surface area (Å²) < 4.78 is 0. The van der Waals surface area contributed by atoms with E-state index in [-0.39, 0.29) is 0 Å². The largest absolute Gasteiger partial charge is 0.397 e. The topological polar surface area (TPSA) is 38.0 Å². The van der Waals surface area contributed by atoms with Gasteiger partial charge in [-0.25, -0.2) is 0 Å². The van der Waals surface area contributed by atoms with Crippen molar-refractivity contribution in [2.75, 3.05) is 7.05 Å². The lowest BCUT2D eigenvalue weighted by atomic mass is 10.0. The second-order valence-electron chi connectivity index (χ2n) is 3.45. The van der Waals surface area contributed by atoms with Gasteiger partial charge in [0.2, 0.25) is 0 Å². The van der Waals surface area contributed by atoms with Crippen LogP contribution in [-0.2, 0) is 0 Å². The molecule has 0 atom stereocenters. The summed E-state index contributed by atoms with van der Waals surface area (Å²) in [7, 11) is 1.88. The SMILES string of the molecule is C=CC/C(NC)=C(/N)c1ccccc1C. The Kier molecular flexibility index (Phi) is 3.98. The summed E-state index contributed by atoms with van der Waals surface area (Å²) in [5, 5.41) is 3.11. The first-order valence-electron chi connectivity index (χ1n) is 5.04. The molecule has 1 aromatic rings. The Morgan fingerprint density at radius 3 is 2.67 bits per heavy atom. The molecule has 0 radical (unpaired) electrons. The van der Waals surface area contributed by atoms with E-state index < -0.39 is 0 Å². The van der Waals surface area contributed by atoms with Crippen LogP contribution in [0.25, 0.3) is 5.70 Å². The lowest BCUT2D eigenvalue weighted by Gasteiger charge is -2.12. The molecule has 80 valence electrons. The van der Waals surface area contributed by atoms with E-state index in [9.17, 15) is 0 Å². The monoisotopic (exact) mass is 202 g/mol. The Morgan fingerprint density at radius 2 is 2.13 bits per heavy atom. The zero-order valence-electron chi connectivity index (χ0n) is 9.38. The molecule has 0 heterocycles. The summed E-state index contributed by atoms with van der Waals surface area (Å²) >= 11 is 0. The third-order valence-electron chi connectivity index (χ3n) is 2.41. The number of benzene rings is 1. The van der Waals surface area contributed by atoms with Gasteiger partial charge in [-0.3, -0.25) is 0 Å². The molecule has 3 N–H and O–H groups in total. The van der Waals surface area contributed by atoms with Crippen LogP contribution >= 0.6 is 0 Å². The third kappa shape index (κ3) is 2.62. The van der Waals surface area contributed by atoms with Crippen LogP contribution in [0.4, 0.5) is 0 Å². The number of nitrogens with one attached hydrogen (secondary N) is 1. The summed E-state index contributed by atoms with van der Waals surface area (Å²) in [5.74, 6) is 0. The van der Waals surface area contributed by atoms with Crippen molar-refractivity contribution in [3.05, 3.63) is 53.7 Å². The summed E-state index contributed by atoms with van der Waals surface area (Å²) in [6.07, 6.45) is 2.60. The lowest BCUT2D eigenvalue weighted by molar-refractivity contribution is 0.938. The summed E-state index contributed by atoms with van der Waals surface area (Å²) in [4.78, 5) is 0. The number of nitrogens with two attached hydrogens (primary N) is 1. The number of hydrogen-bond acceptors (Lipinski definition) is 2. The lowest BCUT2D eigenvalue weighted by Crippen LogP contribution is -2.13. The molecule has 0 aliphatic heterocycles. The highest BCUT2D eigenvalue weighted by Crippen LogP contribution is 2.17. The highest BCUT2D eigenvalue weighted by molar-refractivity contribution is 5.68. The van der Waals surface area contributed by atoms with Gasteiger partial charge in [-0.05, 0) is 12.5 Å². The van der Waals surface area contributed by atoms with Crippen LogP contribution in [0.3, 0.4) is 0 Å². The molecule has 0 spiro atoms. The van der Waals surface area contributed by atoms with Gasteiger partial charge >= 0.3 is 0 Å². The van der Waals surface area contributed by atoms with Crippen molar-refractivity contribution in [3.8, 4) is 0 Å². The van der Waals surface area contributed by atoms with Gasteiger partial charge in [-0.15, -0.1) is 6.58 Å². The molecule has 1 rings (SSSR count). The van der Waals surface area contributed by atoms with Crippen molar-refractivity contribution in [3.63, 3.8) is 0 Å². The van der Waals surface area contributed by atoms with Gasteiger partial charge < -0.3 is 11.1 Å². The van der Waals surface area contributed by atoms with Crippen molar-refractivity contribution in [2.45, 2.75) is 13.3 Å². The Bertz CT molecular complexity index is 378. The van der Waals surface area contributed by atoms with E-state index >= 15 is 0 Å². The van der Waals surface area contributed by atoms with Gasteiger partial charge in [-0.1, -0.05) is 30.3 Å². The normalized spacial score (nSPS) is 11.9. The quantitative estimate of drug-likeness (QED) is 0.736.